The minimum atomic E-state index is -1.23. The number of hydrogen-bond acceptors (Lipinski definition) is 9. The summed E-state index contributed by atoms with van der Waals surface area (Å²) in [5.41, 5.74) is 6.79. The van der Waals surface area contributed by atoms with Gasteiger partial charge in [-0.25, -0.2) is 4.79 Å². The molecular weight excluding hydrogens is 504 g/mol. The molecule has 0 unspecified atom stereocenters. The lowest BCUT2D eigenvalue weighted by molar-refractivity contribution is -0.150. The molecule has 1 fully saturated rings. The first-order valence-corrected chi connectivity index (χ1v) is 12.3. The van der Waals surface area contributed by atoms with Gasteiger partial charge in [0.15, 0.2) is 0 Å². The number of carbonyl (C=O) groups excluding carboxylic acids is 4. The Morgan fingerprint density at radius 2 is 1.95 bits per heavy atom. The predicted molar refractivity (Wildman–Crippen MR) is 130 cm³/mol. The van der Waals surface area contributed by atoms with Crippen LogP contribution in [0.1, 0.15) is 33.8 Å². The van der Waals surface area contributed by atoms with Crippen molar-refractivity contribution in [1.29, 1.82) is 0 Å². The van der Waals surface area contributed by atoms with Crippen molar-refractivity contribution >= 4 is 41.1 Å². The van der Waals surface area contributed by atoms with Crippen LogP contribution in [0, 0.1) is 6.92 Å². The van der Waals surface area contributed by atoms with E-state index in [0.717, 1.165) is 17.1 Å². The summed E-state index contributed by atoms with van der Waals surface area (Å²) < 4.78 is 8.66. The largest absolute Gasteiger partial charge is 0.480 e. The van der Waals surface area contributed by atoms with Crippen molar-refractivity contribution < 1.29 is 33.8 Å². The van der Waals surface area contributed by atoms with Gasteiger partial charge in [0.25, 0.3) is 5.91 Å². The second-order valence-corrected chi connectivity index (χ2v) is 9.28. The molecular formula is C23H28N6O7S. The molecule has 3 rings (SSSR count). The number of nitrogens with one attached hydrogen (secondary N) is 2. The third kappa shape index (κ3) is 7.79. The molecule has 2 heterocycles. The van der Waals surface area contributed by atoms with Gasteiger partial charge in [-0.05, 0) is 36.9 Å². The van der Waals surface area contributed by atoms with Crippen LogP contribution in [-0.4, -0.2) is 87.1 Å². The molecule has 2 aromatic rings. The van der Waals surface area contributed by atoms with Gasteiger partial charge < -0.3 is 31.1 Å². The molecule has 1 aromatic heterocycles. The number of aromatic nitrogens is 2. The molecule has 5 N–H and O–H groups in total. The normalized spacial score (nSPS) is 18.0. The van der Waals surface area contributed by atoms with Crippen LogP contribution in [0.4, 0.5) is 0 Å². The molecule has 1 aliphatic rings. The lowest BCUT2D eigenvalue weighted by atomic mass is 9.95. The minimum absolute atomic E-state index is 0.0599. The number of primary amides is 1. The molecule has 1 aliphatic heterocycles. The molecule has 1 saturated heterocycles. The second-order valence-electron chi connectivity index (χ2n) is 8.52. The van der Waals surface area contributed by atoms with E-state index >= 15 is 0 Å². The fraction of sp³-hybridized carbons (Fsp3) is 0.435. The molecule has 1 aromatic carbocycles. The van der Waals surface area contributed by atoms with E-state index in [4.69, 9.17) is 15.6 Å². The summed E-state index contributed by atoms with van der Waals surface area (Å²) in [7, 11) is 0. The fourth-order valence-corrected chi connectivity index (χ4v) is 4.54. The summed E-state index contributed by atoms with van der Waals surface area (Å²) in [4.78, 5) is 63.2. The third-order valence-corrected chi connectivity index (χ3v) is 6.64. The Morgan fingerprint density at radius 3 is 2.57 bits per heavy atom. The van der Waals surface area contributed by atoms with E-state index in [1.54, 1.807) is 31.2 Å². The topological polar surface area (TPSA) is 194 Å². The number of hydrogen-bond donors (Lipinski definition) is 4. The van der Waals surface area contributed by atoms with Crippen molar-refractivity contribution in [3.63, 3.8) is 0 Å². The van der Waals surface area contributed by atoms with E-state index in [1.165, 1.54) is 4.90 Å². The molecule has 0 radical (unpaired) electrons. The highest BCUT2D eigenvalue weighted by molar-refractivity contribution is 7.08. The average molecular weight is 533 g/mol. The molecule has 4 amide bonds. The highest BCUT2D eigenvalue weighted by atomic mass is 32.1. The molecule has 0 saturated carbocycles. The Hall–Kier alpha value is -3.91. The molecule has 3 atom stereocenters. The zero-order chi connectivity index (χ0) is 26.9. The van der Waals surface area contributed by atoms with E-state index < -0.39 is 55.0 Å². The van der Waals surface area contributed by atoms with Crippen LogP contribution >= 0.6 is 11.5 Å². The van der Waals surface area contributed by atoms with Crippen LogP contribution in [0.5, 0.6) is 0 Å². The van der Waals surface area contributed by atoms with E-state index in [0.29, 0.717) is 17.0 Å². The molecule has 37 heavy (non-hydrogen) atoms. The zero-order valence-corrected chi connectivity index (χ0v) is 20.9. The number of piperidine rings is 1. The van der Waals surface area contributed by atoms with Gasteiger partial charge in [0, 0.05) is 19.0 Å². The first-order chi connectivity index (χ1) is 17.7. The number of nitrogens with zero attached hydrogens (tertiary/aromatic N) is 3. The number of likely N-dealkylation sites (tertiary alicyclic amines) is 1. The van der Waals surface area contributed by atoms with E-state index in [9.17, 15) is 24.0 Å². The van der Waals surface area contributed by atoms with Crippen molar-refractivity contribution in [1.82, 2.24) is 25.1 Å². The Bertz CT molecular complexity index is 1140. The predicted octanol–water partition coefficient (Wildman–Crippen LogP) is -0.750. The smallest absolute Gasteiger partial charge is 0.329 e. The van der Waals surface area contributed by atoms with Crippen LogP contribution < -0.4 is 16.4 Å². The SMILES string of the molecule is Cc1nnsc1C(=O)N[C@H]1CCN(C(=O)COCC(=O)O)[C@H](C(=O)N[C@H](Cc2ccccc2)C(N)=O)C1. The number of benzene rings is 1. The van der Waals surface area contributed by atoms with Crippen LogP contribution in [-0.2, 0) is 30.3 Å². The Balaban J connectivity index is 1.74. The number of carboxylic acids is 1. The summed E-state index contributed by atoms with van der Waals surface area (Å²) in [5.74, 6) is -3.58. The average Bonchev–Trinajstić information content (AvgIpc) is 3.29. The quantitative estimate of drug-likeness (QED) is 0.288. The lowest BCUT2D eigenvalue weighted by Gasteiger charge is -2.39. The highest BCUT2D eigenvalue weighted by Crippen LogP contribution is 2.20. The van der Waals surface area contributed by atoms with Crippen molar-refractivity contribution in [3.05, 3.63) is 46.5 Å². The standard InChI is InChI=1S/C23H28N6O7S/c1-13-20(37-28-27-13)23(35)25-15-7-8-29(18(30)11-36-12-19(31)32)17(10-15)22(34)26-16(21(24)33)9-14-5-3-2-4-6-14/h2-6,15-17H,7-12H2,1H3,(H2,24,33)(H,25,35)(H,26,34)(H,31,32)/t15-,16+,17-/m0/s1. The number of nitrogens with two attached hydrogens (primary N) is 1. The molecule has 14 heteroatoms. The van der Waals surface area contributed by atoms with E-state index in [1.807, 2.05) is 6.07 Å². The van der Waals surface area contributed by atoms with Gasteiger partial charge in [0.05, 0.1) is 5.69 Å². The second kappa shape index (κ2) is 12.9. The van der Waals surface area contributed by atoms with E-state index in [2.05, 4.69) is 20.2 Å². The van der Waals surface area contributed by atoms with Gasteiger partial charge in [0.2, 0.25) is 17.7 Å². The highest BCUT2D eigenvalue weighted by Gasteiger charge is 2.38. The van der Waals surface area contributed by atoms with Crippen LogP contribution in [0.25, 0.3) is 0 Å². The van der Waals surface area contributed by atoms with Crippen LogP contribution in [0.2, 0.25) is 0 Å². The maximum Gasteiger partial charge on any atom is 0.329 e. The number of ether oxygens (including phenoxy) is 1. The molecule has 198 valence electrons. The van der Waals surface area contributed by atoms with E-state index in [-0.39, 0.29) is 25.3 Å². The molecule has 13 nitrogen and oxygen atoms in total. The first kappa shape index (κ1) is 27.7. The summed E-state index contributed by atoms with van der Waals surface area (Å²) in [5, 5.41) is 18.1. The summed E-state index contributed by atoms with van der Waals surface area (Å²) >= 11 is 0.950. The maximum absolute atomic E-state index is 13.3. The van der Waals surface area contributed by atoms with Gasteiger partial charge in [-0.3, -0.25) is 19.2 Å². The first-order valence-electron chi connectivity index (χ1n) is 11.5. The van der Waals surface area contributed by atoms with Crippen molar-refractivity contribution in [2.24, 2.45) is 5.73 Å². The Morgan fingerprint density at radius 1 is 1.22 bits per heavy atom. The van der Waals surface area contributed by atoms with Crippen LogP contribution in [0.15, 0.2) is 30.3 Å². The zero-order valence-electron chi connectivity index (χ0n) is 20.1. The summed E-state index contributed by atoms with van der Waals surface area (Å²) in [6.45, 7) is 0.544. The number of aryl methyl sites for hydroxylation is 1. The number of amides is 4. The third-order valence-electron chi connectivity index (χ3n) is 5.81. The molecule has 0 bridgehead atoms. The lowest BCUT2D eigenvalue weighted by Crippen LogP contribution is -2.60. The van der Waals surface area contributed by atoms with Gasteiger partial charge in [-0.15, -0.1) is 5.10 Å². The monoisotopic (exact) mass is 532 g/mol. The van der Waals surface area contributed by atoms with Crippen molar-refractivity contribution in [2.75, 3.05) is 19.8 Å². The number of carboxylic acid groups (broad SMARTS) is 1. The van der Waals surface area contributed by atoms with Gasteiger partial charge in [-0.1, -0.05) is 34.8 Å². The van der Waals surface area contributed by atoms with Gasteiger partial charge in [-0.2, -0.15) is 0 Å². The van der Waals surface area contributed by atoms with Crippen LogP contribution in [0.3, 0.4) is 0 Å². The number of rotatable bonds is 11. The Kier molecular flexibility index (Phi) is 9.63. The van der Waals surface area contributed by atoms with Gasteiger partial charge >= 0.3 is 5.97 Å². The number of carbonyl (C=O) groups is 5. The minimum Gasteiger partial charge on any atom is -0.480 e. The Labute approximate surface area is 216 Å². The molecule has 0 spiro atoms. The van der Waals surface area contributed by atoms with Gasteiger partial charge in [0.1, 0.15) is 30.2 Å². The summed E-state index contributed by atoms with van der Waals surface area (Å²) in [6.07, 6.45) is 0.557. The van der Waals surface area contributed by atoms with Crippen molar-refractivity contribution in [3.8, 4) is 0 Å². The maximum atomic E-state index is 13.3. The number of aliphatic carboxylic acids is 1. The van der Waals surface area contributed by atoms with Crippen molar-refractivity contribution in [2.45, 2.75) is 44.3 Å². The molecule has 0 aliphatic carbocycles. The summed E-state index contributed by atoms with van der Waals surface area (Å²) in [6, 6.07) is 6.44. The fourth-order valence-electron chi connectivity index (χ4n) is 3.98.